The van der Waals surface area contributed by atoms with Gasteiger partial charge in [-0.05, 0) is 54.3 Å². The molecule has 3 rings (SSSR count). The lowest BCUT2D eigenvalue weighted by atomic mass is 10.0. The molecule has 0 saturated heterocycles. The van der Waals surface area contributed by atoms with E-state index >= 15 is 0 Å². The minimum Gasteiger partial charge on any atom is -0.497 e. The first-order chi connectivity index (χ1) is 13.2. The van der Waals surface area contributed by atoms with Gasteiger partial charge >= 0.3 is 0 Å². The number of nitrogens with one attached hydrogen (secondary N) is 1. The summed E-state index contributed by atoms with van der Waals surface area (Å²) in [5.74, 6) is 0.846. The molecule has 1 N–H and O–H groups in total. The van der Waals surface area contributed by atoms with Crippen LogP contribution in [-0.4, -0.2) is 13.3 Å². The van der Waals surface area contributed by atoms with Gasteiger partial charge in [0.05, 0.1) is 12.8 Å². The number of benzene rings is 3. The number of aryl methyl sites for hydroxylation is 2. The Morgan fingerprint density at radius 1 is 0.852 bits per heavy atom. The number of nitrogens with zero attached hydrogens (tertiary/aromatic N) is 1. The molecule has 0 aliphatic heterocycles. The van der Waals surface area contributed by atoms with Crippen LogP contribution >= 0.6 is 0 Å². The lowest BCUT2D eigenvalue weighted by molar-refractivity contribution is 0.415. The van der Waals surface area contributed by atoms with Crippen LogP contribution in [0.1, 0.15) is 30.5 Å². The van der Waals surface area contributed by atoms with Crippen molar-refractivity contribution in [3.8, 4) is 5.75 Å². The zero-order valence-electron chi connectivity index (χ0n) is 16.2. The molecule has 138 valence electrons. The summed E-state index contributed by atoms with van der Waals surface area (Å²) in [5, 5.41) is 3.47. The van der Waals surface area contributed by atoms with E-state index in [1.807, 2.05) is 42.6 Å². The van der Waals surface area contributed by atoms with Gasteiger partial charge in [-0.1, -0.05) is 50.2 Å². The molecule has 0 radical (unpaired) electrons. The summed E-state index contributed by atoms with van der Waals surface area (Å²) < 4.78 is 5.23. The van der Waals surface area contributed by atoms with E-state index in [0.717, 1.165) is 41.2 Å². The van der Waals surface area contributed by atoms with Crippen molar-refractivity contribution < 1.29 is 4.74 Å². The number of aliphatic imine (C=N–C) groups is 1. The molecule has 0 aliphatic rings. The smallest absolute Gasteiger partial charge is 0.119 e. The lowest BCUT2D eigenvalue weighted by Crippen LogP contribution is -1.96. The molecule has 0 bridgehead atoms. The van der Waals surface area contributed by atoms with Crippen molar-refractivity contribution in [1.29, 1.82) is 0 Å². The Hall–Kier alpha value is -3.07. The molecule has 3 heteroatoms. The average molecular weight is 358 g/mol. The van der Waals surface area contributed by atoms with Crippen LogP contribution in [0.15, 0.2) is 71.7 Å². The predicted molar refractivity (Wildman–Crippen MR) is 115 cm³/mol. The third-order valence-electron chi connectivity index (χ3n) is 4.63. The summed E-state index contributed by atoms with van der Waals surface area (Å²) in [6, 6.07) is 22.6. The van der Waals surface area contributed by atoms with E-state index in [-0.39, 0.29) is 0 Å². The van der Waals surface area contributed by atoms with Gasteiger partial charge in [-0.3, -0.25) is 4.99 Å². The second-order valence-electron chi connectivity index (χ2n) is 6.33. The maximum Gasteiger partial charge on any atom is 0.119 e. The van der Waals surface area contributed by atoms with E-state index in [2.05, 4.69) is 49.5 Å². The Kier molecular flexibility index (Phi) is 6.26. The van der Waals surface area contributed by atoms with Gasteiger partial charge in [-0.2, -0.15) is 0 Å². The van der Waals surface area contributed by atoms with Gasteiger partial charge < -0.3 is 10.1 Å². The summed E-state index contributed by atoms with van der Waals surface area (Å²) in [5.41, 5.74) is 6.76. The van der Waals surface area contributed by atoms with Gasteiger partial charge in [0.25, 0.3) is 0 Å². The van der Waals surface area contributed by atoms with Crippen molar-refractivity contribution >= 4 is 23.3 Å². The van der Waals surface area contributed by atoms with Crippen LogP contribution in [0.25, 0.3) is 0 Å². The van der Waals surface area contributed by atoms with Crippen LogP contribution in [0, 0.1) is 0 Å². The first kappa shape index (κ1) is 18.7. The van der Waals surface area contributed by atoms with Crippen LogP contribution in [0.3, 0.4) is 0 Å². The zero-order valence-corrected chi connectivity index (χ0v) is 16.2. The van der Waals surface area contributed by atoms with Gasteiger partial charge in [-0.15, -0.1) is 0 Å². The molecule has 0 aliphatic carbocycles. The monoisotopic (exact) mass is 358 g/mol. The average Bonchev–Trinajstić information content (AvgIpc) is 2.73. The second-order valence-corrected chi connectivity index (χ2v) is 6.33. The van der Waals surface area contributed by atoms with Gasteiger partial charge in [0, 0.05) is 23.2 Å². The van der Waals surface area contributed by atoms with Gasteiger partial charge in [-0.25, -0.2) is 0 Å². The third-order valence-corrected chi connectivity index (χ3v) is 4.63. The minimum absolute atomic E-state index is 0.846. The van der Waals surface area contributed by atoms with Gasteiger partial charge in [0.1, 0.15) is 5.75 Å². The first-order valence-electron chi connectivity index (χ1n) is 9.40. The Labute approximate surface area is 161 Å². The van der Waals surface area contributed by atoms with Crippen molar-refractivity contribution in [2.45, 2.75) is 26.7 Å². The molecular weight excluding hydrogens is 332 g/mol. The molecule has 0 unspecified atom stereocenters. The van der Waals surface area contributed by atoms with Crippen molar-refractivity contribution in [3.63, 3.8) is 0 Å². The summed E-state index contributed by atoms with van der Waals surface area (Å²) in [6.07, 6.45) is 3.91. The molecule has 0 fully saturated rings. The number of ether oxygens (including phenoxy) is 1. The molecule has 3 aromatic rings. The summed E-state index contributed by atoms with van der Waals surface area (Å²) in [7, 11) is 1.67. The highest BCUT2D eigenvalue weighted by Gasteiger charge is 2.05. The van der Waals surface area contributed by atoms with Crippen molar-refractivity contribution in [2.24, 2.45) is 4.99 Å². The SMILES string of the molecule is CCc1cccc(CC)c1N=Cc1ccccc1Nc1ccc(OC)cc1. The number of anilines is 2. The fourth-order valence-electron chi connectivity index (χ4n) is 3.07. The van der Waals surface area contributed by atoms with Crippen LogP contribution in [0.5, 0.6) is 5.75 Å². The summed E-state index contributed by atoms with van der Waals surface area (Å²) >= 11 is 0. The molecular formula is C24H26N2O. The van der Waals surface area contributed by atoms with Gasteiger partial charge in [0.15, 0.2) is 0 Å². The molecule has 3 aromatic carbocycles. The zero-order chi connectivity index (χ0) is 19.1. The Bertz CT molecular complexity index is 892. The highest BCUT2D eigenvalue weighted by Crippen LogP contribution is 2.27. The number of hydrogen-bond acceptors (Lipinski definition) is 3. The summed E-state index contributed by atoms with van der Waals surface area (Å²) in [4.78, 5) is 4.86. The number of para-hydroxylation sites is 2. The predicted octanol–water partition coefficient (Wildman–Crippen LogP) is 6.31. The topological polar surface area (TPSA) is 33.6 Å². The molecule has 0 atom stereocenters. The van der Waals surface area contributed by atoms with Crippen molar-refractivity contribution in [3.05, 3.63) is 83.4 Å². The molecule has 0 aromatic heterocycles. The van der Waals surface area contributed by atoms with Gasteiger partial charge in [0.2, 0.25) is 0 Å². The molecule has 0 amide bonds. The summed E-state index contributed by atoms with van der Waals surface area (Å²) in [6.45, 7) is 4.35. The Morgan fingerprint density at radius 2 is 1.52 bits per heavy atom. The Balaban J connectivity index is 1.89. The molecule has 0 heterocycles. The van der Waals surface area contributed by atoms with E-state index in [1.165, 1.54) is 11.1 Å². The maximum absolute atomic E-state index is 5.23. The van der Waals surface area contributed by atoms with Crippen LogP contribution in [0.2, 0.25) is 0 Å². The number of hydrogen-bond donors (Lipinski definition) is 1. The van der Waals surface area contributed by atoms with Crippen molar-refractivity contribution in [2.75, 3.05) is 12.4 Å². The molecule has 27 heavy (non-hydrogen) atoms. The second kappa shape index (κ2) is 9.04. The Morgan fingerprint density at radius 3 is 2.15 bits per heavy atom. The molecule has 0 saturated carbocycles. The quantitative estimate of drug-likeness (QED) is 0.502. The molecule has 0 spiro atoms. The fraction of sp³-hybridized carbons (Fsp3) is 0.208. The maximum atomic E-state index is 5.23. The fourth-order valence-corrected chi connectivity index (χ4v) is 3.07. The van der Waals surface area contributed by atoms with E-state index in [9.17, 15) is 0 Å². The van der Waals surface area contributed by atoms with Crippen LogP contribution in [0.4, 0.5) is 17.1 Å². The van der Waals surface area contributed by atoms with Crippen LogP contribution < -0.4 is 10.1 Å². The first-order valence-corrected chi connectivity index (χ1v) is 9.40. The van der Waals surface area contributed by atoms with E-state index < -0.39 is 0 Å². The standard InChI is InChI=1S/C24H26N2O/c1-4-18-10-8-11-19(5-2)24(18)25-17-20-9-6-7-12-23(20)26-21-13-15-22(27-3)16-14-21/h6-17,26H,4-5H2,1-3H3. The molecule has 3 nitrogen and oxygen atoms in total. The third kappa shape index (κ3) is 4.56. The minimum atomic E-state index is 0.846. The van der Waals surface area contributed by atoms with E-state index in [1.54, 1.807) is 7.11 Å². The highest BCUT2D eigenvalue weighted by molar-refractivity contribution is 5.91. The largest absolute Gasteiger partial charge is 0.497 e. The van der Waals surface area contributed by atoms with Crippen LogP contribution in [-0.2, 0) is 12.8 Å². The van der Waals surface area contributed by atoms with E-state index in [0.29, 0.717) is 0 Å². The van der Waals surface area contributed by atoms with E-state index in [4.69, 9.17) is 9.73 Å². The number of rotatable bonds is 7. The highest BCUT2D eigenvalue weighted by atomic mass is 16.5. The van der Waals surface area contributed by atoms with Crippen molar-refractivity contribution in [1.82, 2.24) is 0 Å². The number of methoxy groups -OCH3 is 1. The lowest BCUT2D eigenvalue weighted by Gasteiger charge is -2.11. The normalized spacial score (nSPS) is 10.9.